The first-order chi connectivity index (χ1) is 10.1. The number of likely N-dealkylation sites (N-methyl/N-ethyl adjacent to an activating group) is 1. The minimum Gasteiger partial charge on any atom is -0.497 e. The fourth-order valence-electron chi connectivity index (χ4n) is 3.23. The van der Waals surface area contributed by atoms with Gasteiger partial charge >= 0.3 is 0 Å². The van der Waals surface area contributed by atoms with E-state index >= 15 is 0 Å². The number of rotatable bonds is 4. The average molecular weight is 286 g/mol. The van der Waals surface area contributed by atoms with Crippen molar-refractivity contribution in [3.8, 4) is 11.8 Å². The summed E-state index contributed by atoms with van der Waals surface area (Å²) in [6.07, 6.45) is 4.99. The Morgan fingerprint density at radius 3 is 2.43 bits per heavy atom. The molecule has 4 heteroatoms. The van der Waals surface area contributed by atoms with E-state index < -0.39 is 5.41 Å². The molecule has 0 spiro atoms. The maximum absolute atomic E-state index is 12.9. The topological polar surface area (TPSA) is 53.3 Å². The molecule has 0 radical (unpaired) electrons. The van der Waals surface area contributed by atoms with E-state index in [9.17, 15) is 4.79 Å². The first-order valence-corrected chi connectivity index (χ1v) is 7.41. The molecule has 0 bridgehead atoms. The second kappa shape index (κ2) is 6.62. The van der Waals surface area contributed by atoms with Crippen molar-refractivity contribution in [2.75, 3.05) is 20.7 Å². The SMILES string of the molecule is COc1ccc(C2(C(=O)N(C)CC#N)CCCCC2)cc1. The number of nitrogens with zero attached hydrogens (tertiary/aromatic N) is 2. The third-order valence-electron chi connectivity index (χ3n) is 4.41. The van der Waals surface area contributed by atoms with E-state index in [2.05, 4.69) is 6.07 Å². The van der Waals surface area contributed by atoms with Crippen molar-refractivity contribution in [2.45, 2.75) is 37.5 Å². The molecular formula is C17H22N2O2. The van der Waals surface area contributed by atoms with E-state index in [1.54, 1.807) is 19.1 Å². The molecular weight excluding hydrogens is 264 g/mol. The highest BCUT2D eigenvalue weighted by atomic mass is 16.5. The maximum atomic E-state index is 12.9. The summed E-state index contributed by atoms with van der Waals surface area (Å²) in [6, 6.07) is 9.85. The Balaban J connectivity index is 2.36. The van der Waals surface area contributed by atoms with Crippen LogP contribution in [0.5, 0.6) is 5.75 Å². The highest BCUT2D eigenvalue weighted by Gasteiger charge is 2.42. The van der Waals surface area contributed by atoms with Gasteiger partial charge in [-0.25, -0.2) is 0 Å². The van der Waals surface area contributed by atoms with Gasteiger partial charge in [0.1, 0.15) is 12.3 Å². The van der Waals surface area contributed by atoms with Crippen molar-refractivity contribution in [1.82, 2.24) is 4.90 Å². The molecule has 21 heavy (non-hydrogen) atoms. The first-order valence-electron chi connectivity index (χ1n) is 7.41. The maximum Gasteiger partial charge on any atom is 0.233 e. The first kappa shape index (κ1) is 15.4. The zero-order valence-corrected chi connectivity index (χ0v) is 12.8. The summed E-state index contributed by atoms with van der Waals surface area (Å²) in [6.45, 7) is 0.136. The molecule has 1 aliphatic rings. The van der Waals surface area contributed by atoms with Crippen LogP contribution < -0.4 is 4.74 Å². The molecule has 112 valence electrons. The van der Waals surface area contributed by atoms with Gasteiger partial charge in [-0.15, -0.1) is 0 Å². The molecule has 1 amide bonds. The lowest BCUT2D eigenvalue weighted by atomic mass is 9.68. The standard InChI is InChI=1S/C17H22N2O2/c1-19(13-12-18)16(20)17(10-4-3-5-11-17)14-6-8-15(21-2)9-7-14/h6-9H,3-5,10-11,13H2,1-2H3. The Kier molecular flexibility index (Phi) is 4.85. The number of methoxy groups -OCH3 is 1. The van der Waals surface area contributed by atoms with Crippen LogP contribution in [0, 0.1) is 11.3 Å². The van der Waals surface area contributed by atoms with Crippen LogP contribution in [0.25, 0.3) is 0 Å². The van der Waals surface area contributed by atoms with Gasteiger partial charge in [0.05, 0.1) is 18.6 Å². The van der Waals surface area contributed by atoms with Crippen LogP contribution >= 0.6 is 0 Å². The van der Waals surface area contributed by atoms with E-state index in [1.165, 1.54) is 6.42 Å². The summed E-state index contributed by atoms with van der Waals surface area (Å²) in [4.78, 5) is 14.5. The third-order valence-corrected chi connectivity index (χ3v) is 4.41. The molecule has 0 N–H and O–H groups in total. The molecule has 0 atom stereocenters. The molecule has 1 aromatic carbocycles. The number of ether oxygens (including phenoxy) is 1. The predicted octanol–water partition coefficient (Wildman–Crippen LogP) is 2.88. The van der Waals surface area contributed by atoms with Crippen LogP contribution in [-0.4, -0.2) is 31.5 Å². The molecule has 1 aliphatic carbocycles. The van der Waals surface area contributed by atoms with Crippen molar-refractivity contribution < 1.29 is 9.53 Å². The van der Waals surface area contributed by atoms with Crippen molar-refractivity contribution in [1.29, 1.82) is 5.26 Å². The van der Waals surface area contributed by atoms with Gasteiger partial charge in [-0.3, -0.25) is 4.79 Å². The molecule has 0 unspecified atom stereocenters. The van der Waals surface area contributed by atoms with Gasteiger partial charge in [-0.1, -0.05) is 31.4 Å². The number of carbonyl (C=O) groups excluding carboxylic acids is 1. The van der Waals surface area contributed by atoms with Crippen LogP contribution in [0.1, 0.15) is 37.7 Å². The number of amides is 1. The average Bonchev–Trinajstić information content (AvgIpc) is 2.55. The normalized spacial score (nSPS) is 16.8. The van der Waals surface area contributed by atoms with E-state index in [0.29, 0.717) is 0 Å². The van der Waals surface area contributed by atoms with E-state index in [-0.39, 0.29) is 12.5 Å². The minimum absolute atomic E-state index is 0.0638. The summed E-state index contributed by atoms with van der Waals surface area (Å²) in [5, 5.41) is 8.85. The van der Waals surface area contributed by atoms with Crippen LogP contribution in [0.4, 0.5) is 0 Å². The molecule has 0 saturated heterocycles. The molecule has 1 aromatic rings. The Morgan fingerprint density at radius 1 is 1.29 bits per heavy atom. The Labute approximate surface area is 126 Å². The molecule has 2 rings (SSSR count). The van der Waals surface area contributed by atoms with Gasteiger partial charge in [0, 0.05) is 7.05 Å². The predicted molar refractivity (Wildman–Crippen MR) is 81.0 cm³/mol. The van der Waals surface area contributed by atoms with Gasteiger partial charge in [-0.05, 0) is 30.5 Å². The van der Waals surface area contributed by atoms with Crippen molar-refractivity contribution in [3.05, 3.63) is 29.8 Å². The number of hydrogen-bond donors (Lipinski definition) is 0. The van der Waals surface area contributed by atoms with E-state index in [0.717, 1.165) is 37.0 Å². The lowest BCUT2D eigenvalue weighted by Crippen LogP contribution is -2.46. The summed E-state index contributed by atoms with van der Waals surface area (Å²) in [7, 11) is 3.35. The summed E-state index contributed by atoms with van der Waals surface area (Å²) >= 11 is 0. The fraction of sp³-hybridized carbons (Fsp3) is 0.529. The highest BCUT2D eigenvalue weighted by Crippen LogP contribution is 2.41. The van der Waals surface area contributed by atoms with Crippen molar-refractivity contribution in [3.63, 3.8) is 0 Å². The fourth-order valence-corrected chi connectivity index (χ4v) is 3.23. The molecule has 4 nitrogen and oxygen atoms in total. The van der Waals surface area contributed by atoms with E-state index in [4.69, 9.17) is 10.00 Å². The number of hydrogen-bond acceptors (Lipinski definition) is 3. The van der Waals surface area contributed by atoms with Crippen LogP contribution in [-0.2, 0) is 10.2 Å². The lowest BCUT2D eigenvalue weighted by molar-refractivity contribution is -0.137. The molecule has 0 heterocycles. The lowest BCUT2D eigenvalue weighted by Gasteiger charge is -2.38. The molecule has 0 aliphatic heterocycles. The zero-order valence-electron chi connectivity index (χ0n) is 12.8. The second-order valence-electron chi connectivity index (χ2n) is 5.69. The number of nitriles is 1. The highest BCUT2D eigenvalue weighted by molar-refractivity contribution is 5.88. The molecule has 0 aromatic heterocycles. The van der Waals surface area contributed by atoms with Gasteiger partial charge in [0.2, 0.25) is 5.91 Å². The zero-order chi connectivity index (χ0) is 15.3. The number of carbonyl (C=O) groups is 1. The Bertz CT molecular complexity index is 525. The quantitative estimate of drug-likeness (QED) is 0.800. The van der Waals surface area contributed by atoms with Crippen molar-refractivity contribution in [2.24, 2.45) is 0 Å². The van der Waals surface area contributed by atoms with Crippen LogP contribution in [0.3, 0.4) is 0 Å². The summed E-state index contributed by atoms with van der Waals surface area (Å²) in [5.74, 6) is 0.858. The summed E-state index contributed by atoms with van der Waals surface area (Å²) < 4.78 is 5.20. The Morgan fingerprint density at radius 2 is 1.90 bits per heavy atom. The Hall–Kier alpha value is -2.02. The monoisotopic (exact) mass is 286 g/mol. The van der Waals surface area contributed by atoms with Crippen molar-refractivity contribution >= 4 is 5.91 Å². The second-order valence-corrected chi connectivity index (χ2v) is 5.69. The largest absolute Gasteiger partial charge is 0.497 e. The number of benzene rings is 1. The third kappa shape index (κ3) is 3.02. The van der Waals surface area contributed by atoms with Gasteiger partial charge < -0.3 is 9.64 Å². The van der Waals surface area contributed by atoms with Gasteiger partial charge in [-0.2, -0.15) is 5.26 Å². The molecule has 1 fully saturated rings. The minimum atomic E-state index is -0.476. The van der Waals surface area contributed by atoms with E-state index in [1.807, 2.05) is 24.3 Å². The van der Waals surface area contributed by atoms with Gasteiger partial charge in [0.15, 0.2) is 0 Å². The molecule has 1 saturated carbocycles. The van der Waals surface area contributed by atoms with Crippen LogP contribution in [0.15, 0.2) is 24.3 Å². The van der Waals surface area contributed by atoms with Crippen LogP contribution in [0.2, 0.25) is 0 Å². The smallest absolute Gasteiger partial charge is 0.233 e. The van der Waals surface area contributed by atoms with Gasteiger partial charge in [0.25, 0.3) is 0 Å². The summed E-state index contributed by atoms with van der Waals surface area (Å²) in [5.41, 5.74) is 0.564.